The van der Waals surface area contributed by atoms with Crippen molar-refractivity contribution in [2.24, 2.45) is 11.8 Å². The van der Waals surface area contributed by atoms with Crippen molar-refractivity contribution in [3.63, 3.8) is 0 Å². The molecule has 0 aliphatic carbocycles. The Bertz CT molecular complexity index is 1040. The van der Waals surface area contributed by atoms with Gasteiger partial charge in [-0.2, -0.15) is 0 Å². The quantitative estimate of drug-likeness (QED) is 0.586. The van der Waals surface area contributed by atoms with E-state index in [4.69, 9.17) is 0 Å². The lowest BCUT2D eigenvalue weighted by atomic mass is 9.78. The summed E-state index contributed by atoms with van der Waals surface area (Å²) in [6.45, 7) is 4.09. The first-order chi connectivity index (χ1) is 17.0. The van der Waals surface area contributed by atoms with Gasteiger partial charge in [0.15, 0.2) is 0 Å². The smallest absolute Gasteiger partial charge is 0.247 e. The zero-order valence-corrected chi connectivity index (χ0v) is 20.9. The Morgan fingerprint density at radius 3 is 2.51 bits per heavy atom. The number of hydrogen-bond acceptors (Lipinski definition) is 5. The summed E-state index contributed by atoms with van der Waals surface area (Å²) in [5.74, 6) is -1.48. The second-order valence-electron chi connectivity index (χ2n) is 9.77. The van der Waals surface area contributed by atoms with E-state index in [0.29, 0.717) is 26.2 Å². The lowest BCUT2D eigenvalue weighted by Crippen LogP contribution is -2.53. The molecule has 4 aliphatic heterocycles. The highest BCUT2D eigenvalue weighted by atomic mass is 32.2. The third-order valence-corrected chi connectivity index (χ3v) is 9.41. The first kappa shape index (κ1) is 24.1. The molecule has 35 heavy (non-hydrogen) atoms. The maximum absolute atomic E-state index is 14.0. The van der Waals surface area contributed by atoms with Crippen molar-refractivity contribution < 1.29 is 19.5 Å². The fourth-order valence-electron chi connectivity index (χ4n) is 6.08. The van der Waals surface area contributed by atoms with Crippen LogP contribution in [0, 0.1) is 11.8 Å². The van der Waals surface area contributed by atoms with Crippen molar-refractivity contribution in [3.05, 3.63) is 60.2 Å². The average molecular weight is 496 g/mol. The van der Waals surface area contributed by atoms with Crippen molar-refractivity contribution in [3.8, 4) is 0 Å². The zero-order chi connectivity index (χ0) is 24.6. The monoisotopic (exact) mass is 495 g/mol. The molecule has 8 heteroatoms. The van der Waals surface area contributed by atoms with E-state index in [9.17, 15) is 19.5 Å². The highest BCUT2D eigenvalue weighted by molar-refractivity contribution is 8.02. The molecule has 1 aromatic rings. The lowest BCUT2D eigenvalue weighted by Gasteiger charge is -2.35. The van der Waals surface area contributed by atoms with Crippen molar-refractivity contribution >= 4 is 29.5 Å². The Kier molecular flexibility index (Phi) is 6.77. The van der Waals surface area contributed by atoms with Crippen LogP contribution in [0.2, 0.25) is 0 Å². The summed E-state index contributed by atoms with van der Waals surface area (Å²) < 4.78 is -0.810. The number of carbonyl (C=O) groups is 3. The second-order valence-corrected chi connectivity index (χ2v) is 11.3. The largest absolute Gasteiger partial charge is 0.395 e. The SMILES string of the molecule is CCCCN1CC=C[C@]23S[C@@H]4C=CCN(Cc5ccccc5)C(=O)[C@@H]4[C@H]2C(=O)N(CCO)C3C1=O. The molecule has 0 radical (unpaired) electrons. The standard InChI is InChI=1S/C27H33N3O4S/c1-2-3-13-28-15-8-12-27-22(25(33)30(16-17-31)23(27)26(28)34)21-20(35-27)11-7-14-29(24(21)32)18-19-9-5-4-6-10-19/h4-12,20-23,31H,2-3,13-18H2,1H3/t20-,21+,22+,23?,27+/m1/s1. The van der Waals surface area contributed by atoms with Gasteiger partial charge in [-0.25, -0.2) is 0 Å². The first-order valence-corrected chi connectivity index (χ1v) is 13.4. The van der Waals surface area contributed by atoms with Gasteiger partial charge in [0.05, 0.1) is 23.2 Å². The van der Waals surface area contributed by atoms with Crippen LogP contribution in [-0.2, 0) is 20.9 Å². The molecule has 1 aromatic carbocycles. The molecular weight excluding hydrogens is 462 g/mol. The molecule has 3 amide bonds. The molecule has 4 heterocycles. The number of fused-ring (bicyclic) bond motifs is 2. The zero-order valence-electron chi connectivity index (χ0n) is 20.1. The van der Waals surface area contributed by atoms with Crippen LogP contribution >= 0.6 is 11.8 Å². The maximum Gasteiger partial charge on any atom is 0.247 e. The number of β-amino-alcohol motifs (C(OH)–C–C–N with tert-alkyl or cyclic N) is 1. The van der Waals surface area contributed by atoms with E-state index in [1.165, 1.54) is 0 Å². The van der Waals surface area contributed by atoms with Crippen molar-refractivity contribution in [1.29, 1.82) is 0 Å². The van der Waals surface area contributed by atoms with Crippen LogP contribution in [0.15, 0.2) is 54.6 Å². The van der Waals surface area contributed by atoms with E-state index in [0.717, 1.165) is 18.4 Å². The Morgan fingerprint density at radius 2 is 1.77 bits per heavy atom. The molecule has 1 unspecified atom stereocenters. The van der Waals surface area contributed by atoms with Crippen LogP contribution in [0.25, 0.3) is 0 Å². The highest BCUT2D eigenvalue weighted by Crippen LogP contribution is 2.61. The van der Waals surface area contributed by atoms with E-state index >= 15 is 0 Å². The number of rotatable bonds is 7. The molecule has 2 fully saturated rings. The summed E-state index contributed by atoms with van der Waals surface area (Å²) in [7, 11) is 0. The Balaban J connectivity index is 1.52. The number of nitrogens with zero attached hydrogens (tertiary/aromatic N) is 3. The number of carbonyl (C=O) groups excluding carboxylic acids is 3. The normalized spacial score (nSPS) is 31.9. The number of amides is 3. The molecule has 5 atom stereocenters. The van der Waals surface area contributed by atoms with Crippen LogP contribution in [0.3, 0.4) is 0 Å². The summed E-state index contributed by atoms with van der Waals surface area (Å²) in [5, 5.41) is 9.59. The molecule has 1 spiro atoms. The molecule has 0 bridgehead atoms. The van der Waals surface area contributed by atoms with Crippen LogP contribution in [0.1, 0.15) is 25.3 Å². The summed E-state index contributed by atoms with van der Waals surface area (Å²) in [4.78, 5) is 46.9. The fourth-order valence-corrected chi connectivity index (χ4v) is 8.09. The third-order valence-electron chi connectivity index (χ3n) is 7.66. The molecule has 5 rings (SSSR count). The Morgan fingerprint density at radius 1 is 1.00 bits per heavy atom. The number of likely N-dealkylation sites (tertiary alicyclic amines) is 1. The molecule has 0 aromatic heterocycles. The van der Waals surface area contributed by atoms with Crippen LogP contribution in [0.5, 0.6) is 0 Å². The van der Waals surface area contributed by atoms with E-state index in [1.807, 2.05) is 58.4 Å². The van der Waals surface area contributed by atoms with Crippen LogP contribution < -0.4 is 0 Å². The minimum atomic E-state index is -0.810. The molecule has 186 valence electrons. The van der Waals surface area contributed by atoms with E-state index < -0.39 is 22.6 Å². The number of aliphatic hydroxyl groups is 1. The Hall–Kier alpha value is -2.58. The van der Waals surface area contributed by atoms with Crippen LogP contribution in [0.4, 0.5) is 0 Å². The number of benzene rings is 1. The van der Waals surface area contributed by atoms with Gasteiger partial charge in [0, 0.05) is 38.0 Å². The van der Waals surface area contributed by atoms with Gasteiger partial charge in [-0.15, -0.1) is 11.8 Å². The van der Waals surface area contributed by atoms with E-state index in [1.54, 1.807) is 16.7 Å². The third kappa shape index (κ3) is 4.00. The minimum Gasteiger partial charge on any atom is -0.395 e. The van der Waals surface area contributed by atoms with Gasteiger partial charge >= 0.3 is 0 Å². The number of thioether (sulfide) groups is 1. The van der Waals surface area contributed by atoms with Gasteiger partial charge in [-0.3, -0.25) is 14.4 Å². The molecule has 7 nitrogen and oxygen atoms in total. The summed E-state index contributed by atoms with van der Waals surface area (Å²) in [6.07, 6.45) is 9.99. The summed E-state index contributed by atoms with van der Waals surface area (Å²) in [6, 6.07) is 9.17. The lowest BCUT2D eigenvalue weighted by molar-refractivity contribution is -0.144. The second kappa shape index (κ2) is 9.82. The van der Waals surface area contributed by atoms with Gasteiger partial charge in [-0.1, -0.05) is 68.0 Å². The minimum absolute atomic E-state index is 0.0379. The van der Waals surface area contributed by atoms with E-state index in [2.05, 4.69) is 13.0 Å². The molecular formula is C27H33N3O4S. The predicted octanol–water partition coefficient (Wildman–Crippen LogP) is 2.07. The average Bonchev–Trinajstić information content (AvgIpc) is 3.17. The topological polar surface area (TPSA) is 81.2 Å². The summed E-state index contributed by atoms with van der Waals surface area (Å²) >= 11 is 1.59. The van der Waals surface area contributed by atoms with Gasteiger partial charge in [-0.05, 0) is 12.0 Å². The molecule has 4 aliphatic rings. The molecule has 2 saturated heterocycles. The molecule has 0 saturated carbocycles. The van der Waals surface area contributed by atoms with Gasteiger partial charge in [0.25, 0.3) is 0 Å². The van der Waals surface area contributed by atoms with Crippen molar-refractivity contribution in [2.45, 2.75) is 42.3 Å². The predicted molar refractivity (Wildman–Crippen MR) is 135 cm³/mol. The van der Waals surface area contributed by atoms with Crippen LogP contribution in [-0.4, -0.2) is 86.4 Å². The number of hydrogen-bond donors (Lipinski definition) is 1. The number of aliphatic hydroxyl groups excluding tert-OH is 1. The highest BCUT2D eigenvalue weighted by Gasteiger charge is 2.70. The first-order valence-electron chi connectivity index (χ1n) is 12.6. The summed E-state index contributed by atoms with van der Waals surface area (Å²) in [5.41, 5.74) is 1.04. The Labute approximate surface area is 210 Å². The van der Waals surface area contributed by atoms with Gasteiger partial charge in [0.1, 0.15) is 6.04 Å². The van der Waals surface area contributed by atoms with Gasteiger partial charge < -0.3 is 19.8 Å². The van der Waals surface area contributed by atoms with Crippen molar-refractivity contribution in [2.75, 3.05) is 32.8 Å². The van der Waals surface area contributed by atoms with Crippen molar-refractivity contribution in [1.82, 2.24) is 14.7 Å². The fraction of sp³-hybridized carbons (Fsp3) is 0.519. The number of unbranched alkanes of at least 4 members (excludes halogenated alkanes) is 1. The molecule has 1 N–H and O–H groups in total. The maximum atomic E-state index is 14.0. The van der Waals surface area contributed by atoms with E-state index in [-0.39, 0.29) is 36.1 Å². The van der Waals surface area contributed by atoms with Gasteiger partial charge in [0.2, 0.25) is 17.7 Å².